The van der Waals surface area contributed by atoms with E-state index in [0.717, 1.165) is 44.2 Å². The normalized spacial score (nSPS) is 20.8. The summed E-state index contributed by atoms with van der Waals surface area (Å²) in [5.41, 5.74) is 4.16. The summed E-state index contributed by atoms with van der Waals surface area (Å²) in [6.07, 6.45) is 6.23. The van der Waals surface area contributed by atoms with Gasteiger partial charge in [0.2, 0.25) is 5.91 Å². The fourth-order valence-electron chi connectivity index (χ4n) is 4.17. The molecule has 2 aromatic rings. The summed E-state index contributed by atoms with van der Waals surface area (Å²) in [4.78, 5) is 27.3. The van der Waals surface area contributed by atoms with E-state index in [1.165, 1.54) is 11.1 Å². The van der Waals surface area contributed by atoms with Gasteiger partial charge in [0.15, 0.2) is 0 Å². The summed E-state index contributed by atoms with van der Waals surface area (Å²) in [5.74, 6) is 0.384. The maximum absolute atomic E-state index is 13.3. The molecule has 0 spiro atoms. The van der Waals surface area contributed by atoms with Crippen LogP contribution in [-0.2, 0) is 11.2 Å². The van der Waals surface area contributed by atoms with Crippen molar-refractivity contribution >= 4 is 17.5 Å². The van der Waals surface area contributed by atoms with E-state index in [0.29, 0.717) is 11.6 Å². The number of fused-ring (bicyclic) bond motifs is 1. The van der Waals surface area contributed by atoms with Gasteiger partial charge in [-0.15, -0.1) is 0 Å². The molecule has 0 unspecified atom stereocenters. The summed E-state index contributed by atoms with van der Waals surface area (Å²) in [6, 6.07) is 16.5. The molecule has 4 heteroatoms. The van der Waals surface area contributed by atoms with Gasteiger partial charge in [-0.2, -0.15) is 0 Å². The van der Waals surface area contributed by atoms with Crippen LogP contribution in [0.1, 0.15) is 59.6 Å². The van der Waals surface area contributed by atoms with Crippen molar-refractivity contribution in [3.05, 3.63) is 65.2 Å². The first-order valence-electron chi connectivity index (χ1n) is 10.0. The number of rotatable bonds is 5. The molecular weight excluding hydrogens is 336 g/mol. The highest BCUT2D eigenvalue weighted by molar-refractivity contribution is 5.97. The molecule has 1 atom stereocenters. The second kappa shape index (κ2) is 6.52. The van der Waals surface area contributed by atoms with Crippen LogP contribution in [0.5, 0.6) is 0 Å². The number of benzene rings is 2. The Labute approximate surface area is 159 Å². The number of amides is 2. The Morgan fingerprint density at radius 3 is 2.33 bits per heavy atom. The van der Waals surface area contributed by atoms with Gasteiger partial charge in [0.25, 0.3) is 5.91 Å². The van der Waals surface area contributed by atoms with Crippen LogP contribution < -0.4 is 5.32 Å². The molecule has 5 rings (SSSR count). The Bertz CT molecular complexity index is 882. The van der Waals surface area contributed by atoms with Crippen LogP contribution in [0.2, 0.25) is 0 Å². The van der Waals surface area contributed by atoms with Crippen LogP contribution in [0.15, 0.2) is 48.5 Å². The van der Waals surface area contributed by atoms with Crippen LogP contribution in [0.4, 0.5) is 5.69 Å². The Hall–Kier alpha value is -2.62. The number of hydrogen-bond donors (Lipinski definition) is 1. The average Bonchev–Trinajstić information content (AvgIpc) is 3.60. The van der Waals surface area contributed by atoms with E-state index in [4.69, 9.17) is 0 Å². The molecule has 2 fully saturated rings. The SMILES string of the molecule is O=C(Nc1ccc(C(=O)N(C2CC2)[C@H]2CCc3ccccc32)cc1)C1CC1. The van der Waals surface area contributed by atoms with Crippen molar-refractivity contribution in [1.82, 2.24) is 4.90 Å². The molecule has 138 valence electrons. The molecular formula is C23H24N2O2. The van der Waals surface area contributed by atoms with E-state index < -0.39 is 0 Å². The third kappa shape index (κ3) is 3.25. The molecule has 2 amide bonds. The maximum Gasteiger partial charge on any atom is 0.254 e. The van der Waals surface area contributed by atoms with Gasteiger partial charge in [-0.05, 0) is 73.9 Å². The first-order chi connectivity index (χ1) is 13.2. The fraction of sp³-hybridized carbons (Fsp3) is 0.391. The predicted molar refractivity (Wildman–Crippen MR) is 104 cm³/mol. The third-order valence-corrected chi connectivity index (χ3v) is 5.96. The van der Waals surface area contributed by atoms with E-state index in [9.17, 15) is 9.59 Å². The summed E-state index contributed by atoms with van der Waals surface area (Å²) < 4.78 is 0. The lowest BCUT2D eigenvalue weighted by atomic mass is 10.0. The minimum atomic E-state index is 0.0937. The van der Waals surface area contributed by atoms with Gasteiger partial charge >= 0.3 is 0 Å². The van der Waals surface area contributed by atoms with Gasteiger partial charge in [-0.25, -0.2) is 0 Å². The molecule has 0 aromatic heterocycles. The molecule has 0 radical (unpaired) electrons. The van der Waals surface area contributed by atoms with Crippen molar-refractivity contribution in [2.45, 2.75) is 50.6 Å². The third-order valence-electron chi connectivity index (χ3n) is 5.96. The number of nitrogens with one attached hydrogen (secondary N) is 1. The molecule has 4 nitrogen and oxygen atoms in total. The number of nitrogens with zero attached hydrogens (tertiary/aromatic N) is 1. The summed E-state index contributed by atoms with van der Waals surface area (Å²) in [5, 5.41) is 2.94. The van der Waals surface area contributed by atoms with Crippen molar-refractivity contribution in [1.29, 1.82) is 0 Å². The predicted octanol–water partition coefficient (Wildman–Crippen LogP) is 4.33. The monoisotopic (exact) mass is 360 g/mol. The van der Waals surface area contributed by atoms with E-state index in [1.807, 2.05) is 24.3 Å². The topological polar surface area (TPSA) is 49.4 Å². The zero-order valence-electron chi connectivity index (χ0n) is 15.4. The number of anilines is 1. The van der Waals surface area contributed by atoms with Crippen LogP contribution in [0.25, 0.3) is 0 Å². The molecule has 2 saturated carbocycles. The van der Waals surface area contributed by atoms with Crippen LogP contribution in [0.3, 0.4) is 0 Å². The number of aryl methyl sites for hydroxylation is 1. The molecule has 0 heterocycles. The van der Waals surface area contributed by atoms with E-state index in [-0.39, 0.29) is 23.8 Å². The first kappa shape index (κ1) is 16.5. The lowest BCUT2D eigenvalue weighted by Gasteiger charge is -2.30. The van der Waals surface area contributed by atoms with Crippen LogP contribution in [-0.4, -0.2) is 22.8 Å². The highest BCUT2D eigenvalue weighted by atomic mass is 16.2. The largest absolute Gasteiger partial charge is 0.329 e. The lowest BCUT2D eigenvalue weighted by Crippen LogP contribution is -2.36. The Morgan fingerprint density at radius 1 is 0.889 bits per heavy atom. The lowest BCUT2D eigenvalue weighted by molar-refractivity contribution is -0.117. The maximum atomic E-state index is 13.3. The van der Waals surface area contributed by atoms with Crippen molar-refractivity contribution in [3.8, 4) is 0 Å². The molecule has 1 N–H and O–H groups in total. The molecule has 3 aliphatic carbocycles. The van der Waals surface area contributed by atoms with Gasteiger partial charge < -0.3 is 10.2 Å². The van der Waals surface area contributed by atoms with Gasteiger partial charge in [0.05, 0.1) is 6.04 Å². The van der Waals surface area contributed by atoms with Crippen LogP contribution >= 0.6 is 0 Å². The number of carbonyl (C=O) groups excluding carboxylic acids is 2. The molecule has 0 bridgehead atoms. The van der Waals surface area contributed by atoms with Crippen LogP contribution in [0, 0.1) is 5.92 Å². The molecule has 27 heavy (non-hydrogen) atoms. The summed E-state index contributed by atoms with van der Waals surface area (Å²) in [6.45, 7) is 0. The molecule has 2 aromatic carbocycles. The zero-order chi connectivity index (χ0) is 18.4. The molecule has 0 saturated heterocycles. The van der Waals surface area contributed by atoms with E-state index in [2.05, 4.69) is 34.5 Å². The molecule has 3 aliphatic rings. The standard InChI is InChI=1S/C23H24N2O2/c26-22(16-5-6-16)24-18-10-7-17(8-11-18)23(27)25(19-12-13-19)21-14-9-15-3-1-2-4-20(15)21/h1-4,7-8,10-11,16,19,21H,5-6,9,12-14H2,(H,24,26)/t21-/m0/s1. The summed E-state index contributed by atoms with van der Waals surface area (Å²) in [7, 11) is 0. The van der Waals surface area contributed by atoms with E-state index in [1.54, 1.807) is 0 Å². The Balaban J connectivity index is 1.36. The van der Waals surface area contributed by atoms with Gasteiger partial charge in [0, 0.05) is 23.2 Å². The second-order valence-corrected chi connectivity index (χ2v) is 8.04. The van der Waals surface area contributed by atoms with E-state index >= 15 is 0 Å². The Kier molecular flexibility index (Phi) is 4.00. The quantitative estimate of drug-likeness (QED) is 0.863. The number of carbonyl (C=O) groups is 2. The van der Waals surface area contributed by atoms with Crippen molar-refractivity contribution in [2.24, 2.45) is 5.92 Å². The highest BCUT2D eigenvalue weighted by Crippen LogP contribution is 2.42. The van der Waals surface area contributed by atoms with Gasteiger partial charge in [-0.1, -0.05) is 24.3 Å². The van der Waals surface area contributed by atoms with Gasteiger partial charge in [-0.3, -0.25) is 9.59 Å². The highest BCUT2D eigenvalue weighted by Gasteiger charge is 2.40. The van der Waals surface area contributed by atoms with Crippen molar-refractivity contribution in [2.75, 3.05) is 5.32 Å². The average molecular weight is 360 g/mol. The smallest absolute Gasteiger partial charge is 0.254 e. The Morgan fingerprint density at radius 2 is 1.63 bits per heavy atom. The van der Waals surface area contributed by atoms with Crippen molar-refractivity contribution in [3.63, 3.8) is 0 Å². The van der Waals surface area contributed by atoms with Crippen molar-refractivity contribution < 1.29 is 9.59 Å². The number of hydrogen-bond acceptors (Lipinski definition) is 2. The summed E-state index contributed by atoms with van der Waals surface area (Å²) >= 11 is 0. The fourth-order valence-corrected chi connectivity index (χ4v) is 4.17. The minimum Gasteiger partial charge on any atom is -0.329 e. The van der Waals surface area contributed by atoms with Gasteiger partial charge in [0.1, 0.15) is 0 Å². The minimum absolute atomic E-state index is 0.0937. The molecule has 0 aliphatic heterocycles. The zero-order valence-corrected chi connectivity index (χ0v) is 15.4. The second-order valence-electron chi connectivity index (χ2n) is 8.04. The first-order valence-corrected chi connectivity index (χ1v) is 10.0.